The molecule has 0 fully saturated rings. The average molecular weight is 268 g/mol. The van der Waals surface area contributed by atoms with Gasteiger partial charge in [0.05, 0.1) is 22.5 Å². The van der Waals surface area contributed by atoms with Gasteiger partial charge in [-0.2, -0.15) is 5.10 Å². The Morgan fingerprint density at radius 3 is 2.92 bits per heavy atom. The Kier molecular flexibility index (Phi) is 4.22. The Morgan fingerprint density at radius 1 is 1.77 bits per heavy atom. The summed E-state index contributed by atoms with van der Waals surface area (Å²) in [6.45, 7) is 0. The second-order valence-electron chi connectivity index (χ2n) is 2.85. The van der Waals surface area contributed by atoms with Gasteiger partial charge in [0.15, 0.2) is 0 Å². The summed E-state index contributed by atoms with van der Waals surface area (Å²) in [5.41, 5.74) is 0.810. The van der Waals surface area contributed by atoms with Gasteiger partial charge >= 0.3 is 0 Å². The first-order valence-electron chi connectivity index (χ1n) is 4.08. The first-order chi connectivity index (χ1) is 6.16. The lowest BCUT2D eigenvalue weighted by atomic mass is 10.1. The zero-order valence-corrected chi connectivity index (χ0v) is 9.72. The summed E-state index contributed by atoms with van der Waals surface area (Å²) in [7, 11) is 1.81. The summed E-state index contributed by atoms with van der Waals surface area (Å²) < 4.78 is 2.51. The minimum Gasteiger partial charge on any atom is -0.387 e. The second-order valence-corrected chi connectivity index (χ2v) is 4.08. The number of aryl methyl sites for hydroxylation is 1. The number of aliphatic hydroxyl groups is 1. The van der Waals surface area contributed by atoms with Crippen molar-refractivity contribution in [3.8, 4) is 0 Å². The number of alkyl halides is 1. The van der Waals surface area contributed by atoms with Crippen LogP contribution in [0.25, 0.3) is 0 Å². The van der Waals surface area contributed by atoms with Gasteiger partial charge in [0.2, 0.25) is 0 Å². The Labute approximate surface area is 90.8 Å². The molecule has 0 bridgehead atoms. The van der Waals surface area contributed by atoms with Crippen molar-refractivity contribution in [2.75, 3.05) is 5.88 Å². The van der Waals surface area contributed by atoms with Crippen molar-refractivity contribution in [2.24, 2.45) is 7.05 Å². The lowest BCUT2D eigenvalue weighted by Crippen LogP contribution is -2.06. The maximum absolute atomic E-state index is 9.75. The van der Waals surface area contributed by atoms with Crippen molar-refractivity contribution in [1.29, 1.82) is 0 Å². The van der Waals surface area contributed by atoms with Crippen LogP contribution in [0.4, 0.5) is 0 Å². The van der Waals surface area contributed by atoms with E-state index in [1.165, 1.54) is 0 Å². The normalized spacial score (nSPS) is 13.2. The topological polar surface area (TPSA) is 38.0 Å². The highest BCUT2D eigenvalue weighted by atomic mass is 79.9. The van der Waals surface area contributed by atoms with E-state index in [4.69, 9.17) is 11.6 Å². The number of hydrogen-bond acceptors (Lipinski definition) is 2. The number of halogens is 2. The van der Waals surface area contributed by atoms with Crippen LogP contribution in [0.2, 0.25) is 0 Å². The highest BCUT2D eigenvalue weighted by Gasteiger charge is 2.15. The summed E-state index contributed by atoms with van der Waals surface area (Å²) in [5.74, 6) is 0.576. The fraction of sp³-hybridized carbons (Fsp3) is 0.625. The fourth-order valence-corrected chi connectivity index (χ4v) is 1.97. The Bertz CT molecular complexity index is 258. The van der Waals surface area contributed by atoms with Crippen LogP contribution in [0.5, 0.6) is 0 Å². The largest absolute Gasteiger partial charge is 0.387 e. The molecular formula is C8H12BrClN2O. The molecule has 1 N–H and O–H groups in total. The molecule has 0 spiro atoms. The fourth-order valence-electron chi connectivity index (χ4n) is 1.20. The van der Waals surface area contributed by atoms with Crippen molar-refractivity contribution < 1.29 is 5.11 Å². The van der Waals surface area contributed by atoms with Gasteiger partial charge in [-0.1, -0.05) is 0 Å². The Balaban J connectivity index is 2.69. The number of hydrogen-bond donors (Lipinski definition) is 1. The van der Waals surface area contributed by atoms with Crippen LogP contribution in [0.3, 0.4) is 0 Å². The molecule has 1 heterocycles. The van der Waals surface area contributed by atoms with E-state index in [1.54, 1.807) is 10.9 Å². The molecule has 0 aliphatic carbocycles. The number of aliphatic hydroxyl groups excluding tert-OH is 1. The number of nitrogens with zero attached hydrogens (tertiary/aromatic N) is 2. The van der Waals surface area contributed by atoms with Crippen LogP contribution in [-0.2, 0) is 7.05 Å². The molecule has 0 saturated heterocycles. The van der Waals surface area contributed by atoms with Gasteiger partial charge < -0.3 is 5.11 Å². The first-order valence-corrected chi connectivity index (χ1v) is 5.41. The van der Waals surface area contributed by atoms with Crippen molar-refractivity contribution in [3.63, 3.8) is 0 Å². The molecular weight excluding hydrogens is 255 g/mol. The zero-order valence-electron chi connectivity index (χ0n) is 7.37. The Hall–Kier alpha value is -0.0600. The molecule has 3 nitrogen and oxygen atoms in total. The molecule has 74 valence electrons. The molecule has 1 rings (SSSR count). The van der Waals surface area contributed by atoms with E-state index < -0.39 is 6.10 Å². The van der Waals surface area contributed by atoms with Gasteiger partial charge in [-0.25, -0.2) is 0 Å². The minimum atomic E-state index is -0.486. The molecule has 0 aliphatic heterocycles. The van der Waals surface area contributed by atoms with Crippen molar-refractivity contribution in [1.82, 2.24) is 9.78 Å². The van der Waals surface area contributed by atoms with E-state index in [9.17, 15) is 5.11 Å². The number of rotatable bonds is 4. The molecule has 1 unspecified atom stereocenters. The molecule has 1 atom stereocenters. The van der Waals surface area contributed by atoms with Gasteiger partial charge in [0.1, 0.15) is 0 Å². The summed E-state index contributed by atoms with van der Waals surface area (Å²) in [5, 5.41) is 13.8. The third-order valence-corrected chi connectivity index (χ3v) is 2.74. The monoisotopic (exact) mass is 266 g/mol. The Morgan fingerprint density at radius 2 is 2.46 bits per heavy atom. The highest BCUT2D eigenvalue weighted by Crippen LogP contribution is 2.25. The molecule has 0 aromatic carbocycles. The molecule has 0 radical (unpaired) electrons. The van der Waals surface area contributed by atoms with E-state index in [0.29, 0.717) is 12.3 Å². The van der Waals surface area contributed by atoms with Gasteiger partial charge in [-0.15, -0.1) is 11.6 Å². The molecule has 13 heavy (non-hydrogen) atoms. The summed E-state index contributed by atoms with van der Waals surface area (Å²) in [6.07, 6.45) is 2.67. The van der Waals surface area contributed by atoms with Crippen LogP contribution < -0.4 is 0 Å². The SMILES string of the molecule is Cn1ncc(Br)c1C(O)CCCCl. The molecule has 0 saturated carbocycles. The van der Waals surface area contributed by atoms with E-state index in [1.807, 2.05) is 7.05 Å². The average Bonchev–Trinajstić information content (AvgIpc) is 2.42. The molecule has 0 amide bonds. The van der Waals surface area contributed by atoms with Gasteiger partial charge in [-0.05, 0) is 28.8 Å². The zero-order chi connectivity index (χ0) is 9.84. The van der Waals surface area contributed by atoms with Gasteiger partial charge in [0.25, 0.3) is 0 Å². The molecule has 5 heteroatoms. The second kappa shape index (κ2) is 4.98. The maximum atomic E-state index is 9.75. The van der Waals surface area contributed by atoms with Gasteiger partial charge in [-0.3, -0.25) is 4.68 Å². The first kappa shape index (κ1) is 11.0. The predicted octanol–water partition coefficient (Wildman–Crippen LogP) is 2.24. The van der Waals surface area contributed by atoms with Crippen molar-refractivity contribution >= 4 is 27.5 Å². The summed E-state index contributed by atoms with van der Waals surface area (Å²) >= 11 is 8.87. The highest BCUT2D eigenvalue weighted by molar-refractivity contribution is 9.10. The molecule has 1 aromatic rings. The van der Waals surface area contributed by atoms with Crippen LogP contribution in [-0.4, -0.2) is 20.8 Å². The predicted molar refractivity (Wildman–Crippen MR) is 55.8 cm³/mol. The summed E-state index contributed by atoms with van der Waals surface area (Å²) in [4.78, 5) is 0. The minimum absolute atomic E-state index is 0.486. The van der Waals surface area contributed by atoms with E-state index >= 15 is 0 Å². The standard InChI is InChI=1S/C8H12BrClN2O/c1-12-8(6(9)5-11-12)7(13)3-2-4-10/h5,7,13H,2-4H2,1H3. The third kappa shape index (κ3) is 2.69. The van der Waals surface area contributed by atoms with Crippen molar-refractivity contribution in [2.45, 2.75) is 18.9 Å². The van der Waals surface area contributed by atoms with Crippen LogP contribution >= 0.6 is 27.5 Å². The van der Waals surface area contributed by atoms with E-state index in [-0.39, 0.29) is 0 Å². The lowest BCUT2D eigenvalue weighted by Gasteiger charge is -2.10. The maximum Gasteiger partial charge on any atom is 0.0968 e. The van der Waals surface area contributed by atoms with E-state index in [2.05, 4.69) is 21.0 Å². The van der Waals surface area contributed by atoms with Crippen molar-refractivity contribution in [3.05, 3.63) is 16.4 Å². The van der Waals surface area contributed by atoms with Crippen LogP contribution in [0.1, 0.15) is 24.6 Å². The molecule has 1 aromatic heterocycles. The lowest BCUT2D eigenvalue weighted by molar-refractivity contribution is 0.156. The number of aromatic nitrogens is 2. The van der Waals surface area contributed by atoms with Crippen LogP contribution in [0.15, 0.2) is 10.7 Å². The molecule has 0 aliphatic rings. The summed E-state index contributed by atoms with van der Waals surface area (Å²) in [6, 6.07) is 0. The quantitative estimate of drug-likeness (QED) is 0.850. The van der Waals surface area contributed by atoms with Crippen LogP contribution in [0, 0.1) is 0 Å². The van der Waals surface area contributed by atoms with Gasteiger partial charge in [0, 0.05) is 12.9 Å². The van der Waals surface area contributed by atoms with E-state index in [0.717, 1.165) is 16.6 Å². The third-order valence-electron chi connectivity index (χ3n) is 1.86. The smallest absolute Gasteiger partial charge is 0.0968 e.